The first kappa shape index (κ1) is 17.7. The lowest BCUT2D eigenvalue weighted by Gasteiger charge is -2.18. The Hall–Kier alpha value is -2.63. The summed E-state index contributed by atoms with van der Waals surface area (Å²) < 4.78 is 13.2. The minimum absolute atomic E-state index is 0.0847. The van der Waals surface area contributed by atoms with E-state index in [1.165, 1.54) is 12.1 Å². The molecule has 0 saturated carbocycles. The van der Waals surface area contributed by atoms with Crippen LogP contribution < -0.4 is 16.0 Å². The Bertz CT molecular complexity index is 713. The molecule has 1 aromatic carbocycles. The monoisotopic (exact) mass is 330 g/mol. The van der Waals surface area contributed by atoms with E-state index in [1.807, 2.05) is 20.8 Å². The highest BCUT2D eigenvalue weighted by molar-refractivity contribution is 5.89. The Morgan fingerprint density at radius 3 is 2.46 bits per heavy atom. The number of nitrogens with one attached hydrogen (secondary N) is 3. The third-order valence-electron chi connectivity index (χ3n) is 3.70. The van der Waals surface area contributed by atoms with Crippen LogP contribution in [0.1, 0.15) is 23.6 Å². The van der Waals surface area contributed by atoms with Crippen LogP contribution in [-0.4, -0.2) is 23.6 Å². The zero-order valence-corrected chi connectivity index (χ0v) is 14.4. The number of urea groups is 1. The maximum atomic E-state index is 13.2. The molecule has 0 aliphatic carbocycles. The molecule has 0 radical (unpaired) electrons. The second kappa shape index (κ2) is 7.77. The highest BCUT2D eigenvalue weighted by atomic mass is 19.1. The van der Waals surface area contributed by atoms with Gasteiger partial charge in [0.2, 0.25) is 0 Å². The summed E-state index contributed by atoms with van der Waals surface area (Å²) in [7, 11) is 0. The van der Waals surface area contributed by atoms with Crippen molar-refractivity contribution >= 4 is 17.4 Å². The molecule has 0 saturated heterocycles. The number of benzene rings is 1. The summed E-state index contributed by atoms with van der Waals surface area (Å²) in [6.45, 7) is 8.13. The number of amides is 2. The van der Waals surface area contributed by atoms with E-state index in [4.69, 9.17) is 0 Å². The van der Waals surface area contributed by atoms with Crippen LogP contribution in [-0.2, 0) is 0 Å². The standard InChI is InChI=1S/C18H23FN4O/c1-11-7-15(5-6-16(11)19)23-18(24)22-14(4)10-21-17-12(2)8-20-9-13(17)3/h5-9,14H,10H2,1-4H3,(H,20,21)(H2,22,23,24). The topological polar surface area (TPSA) is 66.1 Å². The SMILES string of the molecule is Cc1cc(NC(=O)NC(C)CNc2c(C)cncc2C)ccc1F. The molecule has 2 aromatic rings. The molecule has 0 fully saturated rings. The lowest BCUT2D eigenvalue weighted by Crippen LogP contribution is -2.40. The molecule has 5 nitrogen and oxygen atoms in total. The average Bonchev–Trinajstić information content (AvgIpc) is 2.50. The number of anilines is 2. The first-order valence-electron chi connectivity index (χ1n) is 7.85. The molecule has 0 bridgehead atoms. The van der Waals surface area contributed by atoms with E-state index in [2.05, 4.69) is 20.9 Å². The summed E-state index contributed by atoms with van der Waals surface area (Å²) >= 11 is 0. The Kier molecular flexibility index (Phi) is 5.73. The number of nitrogens with zero attached hydrogens (tertiary/aromatic N) is 1. The molecule has 1 aromatic heterocycles. The smallest absolute Gasteiger partial charge is 0.319 e. The molecular formula is C18H23FN4O. The second-order valence-corrected chi connectivity index (χ2v) is 5.99. The van der Waals surface area contributed by atoms with E-state index in [1.54, 1.807) is 25.4 Å². The summed E-state index contributed by atoms with van der Waals surface area (Å²) in [5, 5.41) is 8.89. The fourth-order valence-corrected chi connectivity index (χ4v) is 2.40. The van der Waals surface area contributed by atoms with Gasteiger partial charge < -0.3 is 16.0 Å². The number of carbonyl (C=O) groups excluding carboxylic acids is 1. The first-order valence-corrected chi connectivity index (χ1v) is 7.85. The molecule has 2 amide bonds. The zero-order valence-electron chi connectivity index (χ0n) is 14.4. The summed E-state index contributed by atoms with van der Waals surface area (Å²) in [5.41, 5.74) is 4.22. The van der Waals surface area contributed by atoms with Gasteiger partial charge >= 0.3 is 6.03 Å². The van der Waals surface area contributed by atoms with Gasteiger partial charge in [-0.2, -0.15) is 0 Å². The van der Waals surface area contributed by atoms with Crippen molar-refractivity contribution in [3.8, 4) is 0 Å². The fourth-order valence-electron chi connectivity index (χ4n) is 2.40. The van der Waals surface area contributed by atoms with Crippen LogP contribution in [0, 0.1) is 26.6 Å². The van der Waals surface area contributed by atoms with Crippen molar-refractivity contribution in [3.05, 3.63) is 53.1 Å². The Morgan fingerprint density at radius 2 is 1.83 bits per heavy atom. The maximum Gasteiger partial charge on any atom is 0.319 e. The predicted octanol–water partition coefficient (Wildman–Crippen LogP) is 3.77. The molecule has 6 heteroatoms. The number of hydrogen-bond acceptors (Lipinski definition) is 3. The number of carbonyl (C=O) groups is 1. The van der Waals surface area contributed by atoms with E-state index < -0.39 is 0 Å². The normalized spacial score (nSPS) is 11.7. The highest BCUT2D eigenvalue weighted by Crippen LogP contribution is 2.17. The molecule has 0 spiro atoms. The van der Waals surface area contributed by atoms with Gasteiger partial charge in [0, 0.05) is 36.4 Å². The van der Waals surface area contributed by atoms with Gasteiger partial charge in [0.15, 0.2) is 0 Å². The van der Waals surface area contributed by atoms with Crippen molar-refractivity contribution in [1.29, 1.82) is 0 Å². The minimum Gasteiger partial charge on any atom is -0.382 e. The molecule has 3 N–H and O–H groups in total. The van der Waals surface area contributed by atoms with Gasteiger partial charge in [-0.15, -0.1) is 0 Å². The van der Waals surface area contributed by atoms with Crippen molar-refractivity contribution < 1.29 is 9.18 Å². The van der Waals surface area contributed by atoms with E-state index >= 15 is 0 Å². The summed E-state index contributed by atoms with van der Waals surface area (Å²) in [4.78, 5) is 16.1. The lowest BCUT2D eigenvalue weighted by atomic mass is 10.1. The van der Waals surface area contributed by atoms with Crippen LogP contribution in [0.25, 0.3) is 0 Å². The molecule has 1 unspecified atom stereocenters. The van der Waals surface area contributed by atoms with E-state index in [0.29, 0.717) is 17.8 Å². The molecule has 24 heavy (non-hydrogen) atoms. The first-order chi connectivity index (χ1) is 11.4. The number of hydrogen-bond donors (Lipinski definition) is 3. The number of pyridine rings is 1. The zero-order chi connectivity index (χ0) is 17.7. The molecular weight excluding hydrogens is 307 g/mol. The summed E-state index contributed by atoms with van der Waals surface area (Å²) in [6.07, 6.45) is 3.61. The summed E-state index contributed by atoms with van der Waals surface area (Å²) in [6, 6.07) is 4.07. The van der Waals surface area contributed by atoms with Crippen molar-refractivity contribution in [2.24, 2.45) is 0 Å². The van der Waals surface area contributed by atoms with Crippen LogP contribution in [0.3, 0.4) is 0 Å². The van der Waals surface area contributed by atoms with Crippen LogP contribution in [0.4, 0.5) is 20.6 Å². The maximum absolute atomic E-state index is 13.2. The van der Waals surface area contributed by atoms with Gasteiger partial charge in [-0.25, -0.2) is 9.18 Å². The van der Waals surface area contributed by atoms with Gasteiger partial charge in [0.1, 0.15) is 5.82 Å². The second-order valence-electron chi connectivity index (χ2n) is 5.99. The number of aromatic nitrogens is 1. The third-order valence-corrected chi connectivity index (χ3v) is 3.70. The van der Waals surface area contributed by atoms with Crippen LogP contribution >= 0.6 is 0 Å². The third kappa shape index (κ3) is 4.68. The minimum atomic E-state index is -0.321. The predicted molar refractivity (Wildman–Crippen MR) is 95.0 cm³/mol. The van der Waals surface area contributed by atoms with Crippen molar-refractivity contribution in [2.45, 2.75) is 33.7 Å². The quantitative estimate of drug-likeness (QED) is 0.782. The van der Waals surface area contributed by atoms with Gasteiger partial charge in [0.25, 0.3) is 0 Å². The van der Waals surface area contributed by atoms with Crippen molar-refractivity contribution in [3.63, 3.8) is 0 Å². The molecule has 0 aliphatic rings. The largest absolute Gasteiger partial charge is 0.382 e. The van der Waals surface area contributed by atoms with Gasteiger partial charge in [-0.05, 0) is 62.6 Å². The van der Waals surface area contributed by atoms with Crippen LogP contribution in [0.15, 0.2) is 30.6 Å². The average molecular weight is 330 g/mol. The number of halogens is 1. The van der Waals surface area contributed by atoms with Crippen LogP contribution in [0.2, 0.25) is 0 Å². The van der Waals surface area contributed by atoms with Gasteiger partial charge in [-0.1, -0.05) is 0 Å². The highest BCUT2D eigenvalue weighted by Gasteiger charge is 2.10. The molecule has 128 valence electrons. The fraction of sp³-hybridized carbons (Fsp3) is 0.333. The Balaban J connectivity index is 1.86. The van der Waals surface area contributed by atoms with Gasteiger partial charge in [0.05, 0.1) is 0 Å². The Morgan fingerprint density at radius 1 is 1.17 bits per heavy atom. The summed E-state index contributed by atoms with van der Waals surface area (Å²) in [5.74, 6) is -0.290. The van der Waals surface area contributed by atoms with E-state index in [-0.39, 0.29) is 17.9 Å². The van der Waals surface area contributed by atoms with Crippen molar-refractivity contribution in [1.82, 2.24) is 10.3 Å². The van der Waals surface area contributed by atoms with Gasteiger partial charge in [-0.3, -0.25) is 4.98 Å². The number of rotatable bonds is 5. The Labute approximate surface area is 141 Å². The number of aryl methyl sites for hydroxylation is 3. The van der Waals surface area contributed by atoms with Crippen molar-refractivity contribution in [2.75, 3.05) is 17.2 Å². The molecule has 1 atom stereocenters. The molecule has 2 rings (SSSR count). The molecule has 1 heterocycles. The lowest BCUT2D eigenvalue weighted by molar-refractivity contribution is 0.249. The molecule has 0 aliphatic heterocycles. The van der Waals surface area contributed by atoms with E-state index in [0.717, 1.165) is 16.8 Å². The van der Waals surface area contributed by atoms with Crippen LogP contribution in [0.5, 0.6) is 0 Å². The van der Waals surface area contributed by atoms with E-state index in [9.17, 15) is 9.18 Å².